The minimum absolute atomic E-state index is 0.212. The fraction of sp³-hybridized carbons (Fsp3) is 0.381. The van der Waals surface area contributed by atoms with Gasteiger partial charge in [-0.2, -0.15) is 0 Å². The van der Waals surface area contributed by atoms with Gasteiger partial charge in [-0.1, -0.05) is 49.2 Å². The molecular formula is C21H24N4O5S3. The molecule has 176 valence electrons. The predicted octanol–water partition coefficient (Wildman–Crippen LogP) is 3.60. The summed E-state index contributed by atoms with van der Waals surface area (Å²) in [6, 6.07) is 3.45. The number of rotatable bonds is 9. The van der Waals surface area contributed by atoms with Gasteiger partial charge in [0.05, 0.1) is 26.2 Å². The highest BCUT2D eigenvalue weighted by atomic mass is 32.2. The Morgan fingerprint density at radius 1 is 1.18 bits per heavy atom. The Bertz CT molecular complexity index is 1070. The van der Waals surface area contributed by atoms with Crippen LogP contribution >= 0.6 is 35.3 Å². The van der Waals surface area contributed by atoms with Gasteiger partial charge in [-0.25, -0.2) is 0 Å². The van der Waals surface area contributed by atoms with Crippen molar-refractivity contribution in [3.8, 4) is 17.2 Å². The van der Waals surface area contributed by atoms with Gasteiger partial charge in [-0.05, 0) is 29.7 Å². The average Bonchev–Trinajstić information content (AvgIpc) is 3.31. The maximum absolute atomic E-state index is 12.9. The van der Waals surface area contributed by atoms with E-state index in [2.05, 4.69) is 29.4 Å². The zero-order valence-electron chi connectivity index (χ0n) is 18.8. The Labute approximate surface area is 205 Å². The summed E-state index contributed by atoms with van der Waals surface area (Å²) >= 11 is 7.78. The van der Waals surface area contributed by atoms with E-state index in [1.54, 1.807) is 18.2 Å². The Balaban J connectivity index is 1.72. The van der Waals surface area contributed by atoms with Gasteiger partial charge in [-0.15, -0.1) is 10.2 Å². The molecule has 2 heterocycles. The molecule has 1 aromatic heterocycles. The van der Waals surface area contributed by atoms with Gasteiger partial charge in [0.25, 0.3) is 5.91 Å². The standard InChI is InChI=1S/C21H24N4O5S3/c1-11(2)6-17-23-24-20(33-17)22-16(26)10-25-19(27)15(32-21(25)31)9-12-7-13(28-3)18(30-5)14(8-12)29-4/h7-9,11H,6,10H2,1-5H3,(H,22,24,26). The molecule has 1 aliphatic heterocycles. The van der Waals surface area contributed by atoms with E-state index in [4.69, 9.17) is 26.4 Å². The van der Waals surface area contributed by atoms with Gasteiger partial charge in [0.2, 0.25) is 16.8 Å². The number of hydrogen-bond acceptors (Lipinski definition) is 10. The lowest BCUT2D eigenvalue weighted by molar-refractivity contribution is -0.126. The molecule has 3 rings (SSSR count). The van der Waals surface area contributed by atoms with Gasteiger partial charge in [0.1, 0.15) is 15.9 Å². The van der Waals surface area contributed by atoms with Crippen molar-refractivity contribution in [3.63, 3.8) is 0 Å². The van der Waals surface area contributed by atoms with Crippen LogP contribution in [0.5, 0.6) is 17.2 Å². The number of thioether (sulfide) groups is 1. The minimum atomic E-state index is -0.396. The number of benzene rings is 1. The van der Waals surface area contributed by atoms with Crippen molar-refractivity contribution < 1.29 is 23.8 Å². The summed E-state index contributed by atoms with van der Waals surface area (Å²) < 4.78 is 16.3. The number of nitrogens with zero attached hydrogens (tertiary/aromatic N) is 3. The lowest BCUT2D eigenvalue weighted by atomic mass is 10.1. The highest BCUT2D eigenvalue weighted by molar-refractivity contribution is 8.26. The smallest absolute Gasteiger partial charge is 0.266 e. The zero-order chi connectivity index (χ0) is 24.1. The second-order valence-electron chi connectivity index (χ2n) is 7.37. The van der Waals surface area contributed by atoms with E-state index in [-0.39, 0.29) is 12.5 Å². The Morgan fingerprint density at radius 2 is 1.85 bits per heavy atom. The first-order valence-corrected chi connectivity index (χ1v) is 12.0. The number of ether oxygens (including phenoxy) is 3. The quantitative estimate of drug-likeness (QED) is 0.402. The molecule has 1 aliphatic rings. The Morgan fingerprint density at radius 3 is 2.42 bits per heavy atom. The number of methoxy groups -OCH3 is 3. The lowest BCUT2D eigenvalue weighted by Crippen LogP contribution is -2.36. The van der Waals surface area contributed by atoms with Crippen LogP contribution in [0.3, 0.4) is 0 Å². The summed E-state index contributed by atoms with van der Waals surface area (Å²) in [5.41, 5.74) is 0.668. The summed E-state index contributed by atoms with van der Waals surface area (Å²) in [6.45, 7) is 3.96. The van der Waals surface area contributed by atoms with E-state index in [9.17, 15) is 9.59 Å². The molecular weight excluding hydrogens is 484 g/mol. The van der Waals surface area contributed by atoms with Crippen LogP contribution in [0, 0.1) is 5.92 Å². The largest absolute Gasteiger partial charge is 0.493 e. The molecule has 2 amide bonds. The van der Waals surface area contributed by atoms with Crippen molar-refractivity contribution in [3.05, 3.63) is 27.6 Å². The van der Waals surface area contributed by atoms with Gasteiger partial charge in [0.15, 0.2) is 11.5 Å². The number of anilines is 1. The highest BCUT2D eigenvalue weighted by Crippen LogP contribution is 2.40. The van der Waals surface area contributed by atoms with Crippen molar-refractivity contribution >= 4 is 62.7 Å². The molecule has 0 bridgehead atoms. The number of thiocarbonyl (C=S) groups is 1. The molecule has 1 N–H and O–H groups in total. The number of aromatic nitrogens is 2. The molecule has 0 atom stereocenters. The van der Waals surface area contributed by atoms with Crippen LogP contribution in [0.4, 0.5) is 5.13 Å². The van der Waals surface area contributed by atoms with Crippen LogP contribution < -0.4 is 19.5 Å². The number of carbonyl (C=O) groups excluding carboxylic acids is 2. The normalized spacial score (nSPS) is 14.8. The maximum Gasteiger partial charge on any atom is 0.266 e. The molecule has 0 aliphatic carbocycles. The van der Waals surface area contributed by atoms with Crippen LogP contribution in [-0.2, 0) is 16.0 Å². The van der Waals surface area contributed by atoms with Gasteiger partial charge >= 0.3 is 0 Å². The third kappa shape index (κ3) is 6.01. The van der Waals surface area contributed by atoms with Crippen molar-refractivity contribution in [2.45, 2.75) is 20.3 Å². The second kappa shape index (κ2) is 10.9. The number of hydrogen-bond donors (Lipinski definition) is 1. The van der Waals surface area contributed by atoms with Crippen molar-refractivity contribution in [1.29, 1.82) is 0 Å². The molecule has 0 spiro atoms. The average molecular weight is 509 g/mol. The van der Waals surface area contributed by atoms with Crippen LogP contribution in [0.25, 0.3) is 6.08 Å². The third-order valence-corrected chi connectivity index (χ3v) is 6.69. The lowest BCUT2D eigenvalue weighted by Gasteiger charge is -2.13. The first-order chi connectivity index (χ1) is 15.7. The molecule has 0 saturated carbocycles. The van der Waals surface area contributed by atoms with Crippen molar-refractivity contribution in [2.24, 2.45) is 5.92 Å². The van der Waals surface area contributed by atoms with Gasteiger partial charge < -0.3 is 14.2 Å². The molecule has 12 heteroatoms. The maximum atomic E-state index is 12.9. The van der Waals surface area contributed by atoms with Gasteiger partial charge in [0, 0.05) is 6.42 Å². The van der Waals surface area contributed by atoms with E-state index in [1.165, 1.54) is 37.6 Å². The molecule has 1 fully saturated rings. The van der Waals surface area contributed by atoms with E-state index in [0.29, 0.717) is 43.1 Å². The summed E-state index contributed by atoms with van der Waals surface area (Å²) in [6.07, 6.45) is 2.46. The molecule has 1 saturated heterocycles. The van der Waals surface area contributed by atoms with Crippen molar-refractivity contribution in [2.75, 3.05) is 33.2 Å². The zero-order valence-corrected chi connectivity index (χ0v) is 21.3. The fourth-order valence-corrected chi connectivity index (χ4v) is 5.23. The topological polar surface area (TPSA) is 103 Å². The van der Waals surface area contributed by atoms with E-state index < -0.39 is 5.91 Å². The number of nitrogens with one attached hydrogen (secondary N) is 1. The fourth-order valence-electron chi connectivity index (χ4n) is 3.01. The highest BCUT2D eigenvalue weighted by Gasteiger charge is 2.33. The van der Waals surface area contributed by atoms with E-state index in [0.717, 1.165) is 23.2 Å². The first-order valence-electron chi connectivity index (χ1n) is 9.93. The molecule has 33 heavy (non-hydrogen) atoms. The summed E-state index contributed by atoms with van der Waals surface area (Å²) in [4.78, 5) is 27.1. The summed E-state index contributed by atoms with van der Waals surface area (Å²) in [7, 11) is 4.55. The molecule has 9 nitrogen and oxygen atoms in total. The second-order valence-corrected chi connectivity index (χ2v) is 10.1. The van der Waals surface area contributed by atoms with E-state index >= 15 is 0 Å². The van der Waals surface area contributed by atoms with E-state index in [1.807, 2.05) is 0 Å². The molecule has 0 radical (unpaired) electrons. The Hall–Kier alpha value is -2.70. The molecule has 0 unspecified atom stereocenters. The molecule has 1 aromatic carbocycles. The third-order valence-electron chi connectivity index (χ3n) is 4.46. The number of carbonyl (C=O) groups is 2. The minimum Gasteiger partial charge on any atom is -0.493 e. The van der Waals surface area contributed by atoms with Crippen LogP contribution in [0.2, 0.25) is 0 Å². The SMILES string of the molecule is COc1cc(C=C2SC(=S)N(CC(=O)Nc3nnc(CC(C)C)s3)C2=O)cc(OC)c1OC. The van der Waals surface area contributed by atoms with Crippen LogP contribution in [0.1, 0.15) is 24.4 Å². The molecule has 2 aromatic rings. The first kappa shape index (κ1) is 24.9. The monoisotopic (exact) mass is 508 g/mol. The summed E-state index contributed by atoms with van der Waals surface area (Å²) in [5, 5.41) is 12.0. The summed E-state index contributed by atoms with van der Waals surface area (Å²) in [5.74, 6) is 1.07. The van der Waals surface area contributed by atoms with Crippen LogP contribution in [-0.4, -0.2) is 59.1 Å². The van der Waals surface area contributed by atoms with Crippen LogP contribution in [0.15, 0.2) is 17.0 Å². The van der Waals surface area contributed by atoms with Gasteiger partial charge in [-0.3, -0.25) is 19.8 Å². The Kier molecular flexibility index (Phi) is 8.27. The van der Waals surface area contributed by atoms with Crippen molar-refractivity contribution in [1.82, 2.24) is 15.1 Å². The predicted molar refractivity (Wildman–Crippen MR) is 133 cm³/mol. The number of amides is 2.